The lowest BCUT2D eigenvalue weighted by Crippen LogP contribution is -2.51. The predicted molar refractivity (Wildman–Crippen MR) is 64.5 cm³/mol. The third kappa shape index (κ3) is 4.19. The Labute approximate surface area is 102 Å². The average molecular weight is 240 g/mol. The van der Waals surface area contributed by atoms with E-state index in [0.29, 0.717) is 26.2 Å². The number of nitrogens with zero attached hydrogens (tertiary/aromatic N) is 2. The van der Waals surface area contributed by atoms with Crippen molar-refractivity contribution in [1.29, 1.82) is 0 Å². The van der Waals surface area contributed by atoms with Crippen LogP contribution in [-0.2, 0) is 14.3 Å². The summed E-state index contributed by atoms with van der Waals surface area (Å²) in [6.45, 7) is 6.28. The van der Waals surface area contributed by atoms with Crippen LogP contribution < -0.4 is 0 Å². The Kier molecular flexibility index (Phi) is 5.15. The van der Waals surface area contributed by atoms with Gasteiger partial charge in [0.15, 0.2) is 0 Å². The SMILES string of the molecule is COCC(=O)N1CCN(C(=O)C=C(C)C)CC1. The van der Waals surface area contributed by atoms with Gasteiger partial charge in [0, 0.05) is 39.4 Å². The molecule has 0 aromatic carbocycles. The van der Waals surface area contributed by atoms with Gasteiger partial charge in [0.1, 0.15) is 6.61 Å². The van der Waals surface area contributed by atoms with Crippen LogP contribution in [0.4, 0.5) is 0 Å². The molecular formula is C12H20N2O3. The Morgan fingerprint density at radius 3 is 2.12 bits per heavy atom. The molecule has 0 unspecified atom stereocenters. The van der Waals surface area contributed by atoms with E-state index in [1.165, 1.54) is 7.11 Å². The number of piperazine rings is 1. The summed E-state index contributed by atoms with van der Waals surface area (Å²) in [5, 5.41) is 0. The number of amides is 2. The average Bonchev–Trinajstić information content (AvgIpc) is 2.28. The lowest BCUT2D eigenvalue weighted by atomic mass is 10.2. The second-order valence-electron chi connectivity index (χ2n) is 4.36. The molecule has 1 saturated heterocycles. The zero-order chi connectivity index (χ0) is 12.8. The van der Waals surface area contributed by atoms with E-state index < -0.39 is 0 Å². The Balaban J connectivity index is 2.43. The molecule has 5 nitrogen and oxygen atoms in total. The summed E-state index contributed by atoms with van der Waals surface area (Å²) in [6.07, 6.45) is 1.63. The minimum Gasteiger partial charge on any atom is -0.375 e. The lowest BCUT2D eigenvalue weighted by molar-refractivity contribution is -0.140. The quantitative estimate of drug-likeness (QED) is 0.665. The van der Waals surface area contributed by atoms with E-state index in [4.69, 9.17) is 4.74 Å². The monoisotopic (exact) mass is 240 g/mol. The van der Waals surface area contributed by atoms with Crippen LogP contribution in [-0.4, -0.2) is 61.5 Å². The highest BCUT2D eigenvalue weighted by atomic mass is 16.5. The molecule has 0 spiro atoms. The van der Waals surface area contributed by atoms with Crippen LogP contribution in [0.2, 0.25) is 0 Å². The molecule has 0 N–H and O–H groups in total. The third-order valence-corrected chi connectivity index (χ3v) is 2.62. The maximum absolute atomic E-state index is 11.7. The van der Waals surface area contributed by atoms with Gasteiger partial charge < -0.3 is 14.5 Å². The highest BCUT2D eigenvalue weighted by Crippen LogP contribution is 2.04. The summed E-state index contributed by atoms with van der Waals surface area (Å²) in [4.78, 5) is 26.8. The smallest absolute Gasteiger partial charge is 0.248 e. The maximum atomic E-state index is 11.7. The summed E-state index contributed by atoms with van der Waals surface area (Å²) < 4.78 is 4.80. The molecule has 0 saturated carbocycles. The van der Waals surface area contributed by atoms with Gasteiger partial charge in [-0.25, -0.2) is 0 Å². The van der Waals surface area contributed by atoms with E-state index in [1.807, 2.05) is 13.8 Å². The number of carbonyl (C=O) groups excluding carboxylic acids is 2. The molecule has 17 heavy (non-hydrogen) atoms. The summed E-state index contributed by atoms with van der Waals surface area (Å²) in [5.74, 6) is 0.0191. The topological polar surface area (TPSA) is 49.9 Å². The fraction of sp³-hybridized carbons (Fsp3) is 0.667. The second kappa shape index (κ2) is 6.39. The zero-order valence-electron chi connectivity index (χ0n) is 10.7. The first-order valence-corrected chi connectivity index (χ1v) is 5.75. The minimum atomic E-state index is -0.0122. The molecule has 0 atom stereocenters. The number of allylic oxidation sites excluding steroid dienone is 1. The molecule has 1 aliphatic rings. The molecule has 1 heterocycles. The number of methoxy groups -OCH3 is 1. The molecule has 96 valence electrons. The summed E-state index contributed by atoms with van der Waals surface area (Å²) in [6, 6.07) is 0. The first-order chi connectivity index (χ1) is 8.04. The molecule has 0 bridgehead atoms. The van der Waals surface area contributed by atoms with Gasteiger partial charge in [0.2, 0.25) is 11.8 Å². The van der Waals surface area contributed by atoms with Crippen molar-refractivity contribution in [3.63, 3.8) is 0 Å². The number of hydrogen-bond donors (Lipinski definition) is 0. The molecule has 1 rings (SSSR count). The number of carbonyl (C=O) groups is 2. The van der Waals surface area contributed by atoms with Gasteiger partial charge in [0.25, 0.3) is 0 Å². The molecule has 5 heteroatoms. The normalized spacial score (nSPS) is 15.7. The van der Waals surface area contributed by atoms with Crippen LogP contribution in [0.15, 0.2) is 11.6 Å². The van der Waals surface area contributed by atoms with E-state index in [0.717, 1.165) is 5.57 Å². The van der Waals surface area contributed by atoms with Crippen LogP contribution >= 0.6 is 0 Å². The molecule has 1 aliphatic heterocycles. The molecule has 1 fully saturated rings. The van der Waals surface area contributed by atoms with Crippen LogP contribution in [0.1, 0.15) is 13.8 Å². The van der Waals surface area contributed by atoms with E-state index in [1.54, 1.807) is 15.9 Å². The van der Waals surface area contributed by atoms with Crippen molar-refractivity contribution in [2.45, 2.75) is 13.8 Å². The van der Waals surface area contributed by atoms with E-state index in [9.17, 15) is 9.59 Å². The number of ether oxygens (including phenoxy) is 1. The van der Waals surface area contributed by atoms with E-state index >= 15 is 0 Å². The Morgan fingerprint density at radius 1 is 1.12 bits per heavy atom. The lowest BCUT2D eigenvalue weighted by Gasteiger charge is -2.34. The first kappa shape index (κ1) is 13.7. The van der Waals surface area contributed by atoms with Crippen molar-refractivity contribution in [2.24, 2.45) is 0 Å². The van der Waals surface area contributed by atoms with E-state index in [2.05, 4.69) is 0 Å². The number of hydrogen-bond acceptors (Lipinski definition) is 3. The standard InChI is InChI=1S/C12H20N2O3/c1-10(2)8-11(15)13-4-6-14(7-5-13)12(16)9-17-3/h8H,4-7,9H2,1-3H3. The fourth-order valence-electron chi connectivity index (χ4n) is 1.73. The van der Waals surface area contributed by atoms with Crippen molar-refractivity contribution in [3.8, 4) is 0 Å². The van der Waals surface area contributed by atoms with Gasteiger partial charge in [-0.15, -0.1) is 0 Å². The Morgan fingerprint density at radius 2 is 1.65 bits per heavy atom. The second-order valence-corrected chi connectivity index (χ2v) is 4.36. The molecule has 0 aromatic rings. The van der Waals surface area contributed by atoms with Crippen LogP contribution in [0.3, 0.4) is 0 Å². The van der Waals surface area contributed by atoms with Gasteiger partial charge in [-0.1, -0.05) is 5.57 Å². The molecule has 0 aromatic heterocycles. The van der Waals surface area contributed by atoms with E-state index in [-0.39, 0.29) is 18.4 Å². The zero-order valence-corrected chi connectivity index (χ0v) is 10.7. The van der Waals surface area contributed by atoms with Crippen LogP contribution in [0, 0.1) is 0 Å². The van der Waals surface area contributed by atoms with Gasteiger partial charge in [0.05, 0.1) is 0 Å². The largest absolute Gasteiger partial charge is 0.375 e. The molecule has 0 radical (unpaired) electrons. The fourth-order valence-corrected chi connectivity index (χ4v) is 1.73. The van der Waals surface area contributed by atoms with Crippen molar-refractivity contribution in [2.75, 3.05) is 39.9 Å². The van der Waals surface area contributed by atoms with Gasteiger partial charge >= 0.3 is 0 Å². The van der Waals surface area contributed by atoms with Crippen molar-refractivity contribution < 1.29 is 14.3 Å². The van der Waals surface area contributed by atoms with Crippen LogP contribution in [0.25, 0.3) is 0 Å². The van der Waals surface area contributed by atoms with Crippen molar-refractivity contribution >= 4 is 11.8 Å². The summed E-state index contributed by atoms with van der Waals surface area (Å²) in [5.41, 5.74) is 0.993. The predicted octanol–water partition coefficient (Wildman–Crippen LogP) is 0.270. The third-order valence-electron chi connectivity index (χ3n) is 2.62. The highest BCUT2D eigenvalue weighted by molar-refractivity contribution is 5.88. The van der Waals surface area contributed by atoms with Gasteiger partial charge in [-0.3, -0.25) is 9.59 Å². The van der Waals surface area contributed by atoms with Crippen LogP contribution in [0.5, 0.6) is 0 Å². The number of rotatable bonds is 3. The van der Waals surface area contributed by atoms with Crippen molar-refractivity contribution in [1.82, 2.24) is 9.80 Å². The molecule has 2 amide bonds. The maximum Gasteiger partial charge on any atom is 0.248 e. The van der Waals surface area contributed by atoms with Gasteiger partial charge in [-0.05, 0) is 13.8 Å². The highest BCUT2D eigenvalue weighted by Gasteiger charge is 2.22. The Hall–Kier alpha value is -1.36. The summed E-state index contributed by atoms with van der Waals surface area (Å²) in [7, 11) is 1.51. The Bertz CT molecular complexity index is 314. The first-order valence-electron chi connectivity index (χ1n) is 5.75. The van der Waals surface area contributed by atoms with Gasteiger partial charge in [-0.2, -0.15) is 0 Å². The summed E-state index contributed by atoms with van der Waals surface area (Å²) >= 11 is 0. The minimum absolute atomic E-state index is 0.0122. The molecule has 0 aliphatic carbocycles. The molecular weight excluding hydrogens is 220 g/mol. The van der Waals surface area contributed by atoms with Crippen molar-refractivity contribution in [3.05, 3.63) is 11.6 Å².